The molecule has 6 nitrogen and oxygen atoms in total. The molecule has 0 saturated carbocycles. The van der Waals surface area contributed by atoms with Crippen molar-refractivity contribution in [2.24, 2.45) is 0 Å². The molecule has 0 bridgehead atoms. The largest absolute Gasteiger partial charge is 0.383 e. The number of hydrogen-bond acceptors (Lipinski definition) is 6. The van der Waals surface area contributed by atoms with Crippen molar-refractivity contribution in [2.45, 2.75) is 26.4 Å². The van der Waals surface area contributed by atoms with E-state index in [-0.39, 0.29) is 0 Å². The van der Waals surface area contributed by atoms with E-state index in [9.17, 15) is 0 Å². The number of aryl methyl sites for hydroxylation is 1. The summed E-state index contributed by atoms with van der Waals surface area (Å²) in [6.45, 7) is 5.27. The van der Waals surface area contributed by atoms with Gasteiger partial charge in [-0.1, -0.05) is 6.92 Å². The number of methoxy groups -OCH3 is 1. The van der Waals surface area contributed by atoms with Crippen molar-refractivity contribution in [3.05, 3.63) is 5.82 Å². The van der Waals surface area contributed by atoms with E-state index in [1.165, 1.54) is 5.75 Å². The Morgan fingerprint density at radius 3 is 3.12 bits per heavy atom. The number of aromatic nitrogens is 4. The van der Waals surface area contributed by atoms with Gasteiger partial charge in [0.2, 0.25) is 0 Å². The molecule has 98 valence electrons. The second-order valence-electron chi connectivity index (χ2n) is 3.54. The van der Waals surface area contributed by atoms with Gasteiger partial charge in [0, 0.05) is 20.2 Å². The second kappa shape index (κ2) is 9.38. The summed E-state index contributed by atoms with van der Waals surface area (Å²) >= 11 is 1.95. The Hall–Kier alpha value is -0.660. The second-order valence-corrected chi connectivity index (χ2v) is 4.93. The predicted octanol–water partition coefficient (Wildman–Crippen LogP) is 0.552. The fourth-order valence-corrected chi connectivity index (χ4v) is 1.98. The molecule has 1 heterocycles. The molecule has 0 aromatic carbocycles. The number of nitrogens with zero attached hydrogens (tertiary/aromatic N) is 4. The summed E-state index contributed by atoms with van der Waals surface area (Å²) in [5, 5.41) is 14.9. The number of hydrogen-bond donors (Lipinski definition) is 1. The SMILES string of the molecule is CCSCCCn1nnnc1CNCCOC. The summed E-state index contributed by atoms with van der Waals surface area (Å²) < 4.78 is 6.83. The van der Waals surface area contributed by atoms with Crippen LogP contribution < -0.4 is 5.32 Å². The highest BCUT2D eigenvalue weighted by molar-refractivity contribution is 7.99. The fourth-order valence-electron chi connectivity index (χ4n) is 1.36. The van der Waals surface area contributed by atoms with Crippen LogP contribution in [0.4, 0.5) is 0 Å². The van der Waals surface area contributed by atoms with Gasteiger partial charge in [-0.05, 0) is 28.4 Å². The van der Waals surface area contributed by atoms with Gasteiger partial charge in [0.25, 0.3) is 0 Å². The zero-order chi connectivity index (χ0) is 12.3. The molecule has 1 rings (SSSR count). The van der Waals surface area contributed by atoms with E-state index in [2.05, 4.69) is 27.8 Å². The van der Waals surface area contributed by atoms with Crippen molar-refractivity contribution in [2.75, 3.05) is 31.8 Å². The van der Waals surface area contributed by atoms with Gasteiger partial charge in [-0.2, -0.15) is 11.8 Å². The van der Waals surface area contributed by atoms with Gasteiger partial charge in [-0.15, -0.1) is 5.10 Å². The number of rotatable bonds is 10. The molecule has 17 heavy (non-hydrogen) atoms. The highest BCUT2D eigenvalue weighted by atomic mass is 32.2. The zero-order valence-electron chi connectivity index (χ0n) is 10.6. The summed E-state index contributed by atoms with van der Waals surface area (Å²) in [5.74, 6) is 3.22. The van der Waals surface area contributed by atoms with Gasteiger partial charge in [-0.25, -0.2) is 4.68 Å². The normalized spacial score (nSPS) is 10.9. The fraction of sp³-hybridized carbons (Fsp3) is 0.900. The van der Waals surface area contributed by atoms with E-state index in [1.807, 2.05) is 16.4 Å². The van der Waals surface area contributed by atoms with E-state index in [1.54, 1.807) is 7.11 Å². The van der Waals surface area contributed by atoms with Crippen molar-refractivity contribution in [1.82, 2.24) is 25.5 Å². The quantitative estimate of drug-likeness (QED) is 0.619. The van der Waals surface area contributed by atoms with E-state index in [0.29, 0.717) is 13.2 Å². The van der Waals surface area contributed by atoms with Crippen LogP contribution in [0.5, 0.6) is 0 Å². The molecule has 0 atom stereocenters. The van der Waals surface area contributed by atoms with Crippen LogP contribution in [0.3, 0.4) is 0 Å². The lowest BCUT2D eigenvalue weighted by atomic mass is 10.4. The Balaban J connectivity index is 2.22. The Morgan fingerprint density at radius 1 is 1.47 bits per heavy atom. The molecule has 0 spiro atoms. The van der Waals surface area contributed by atoms with Gasteiger partial charge < -0.3 is 10.1 Å². The van der Waals surface area contributed by atoms with Crippen LogP contribution in [0.25, 0.3) is 0 Å². The maximum atomic E-state index is 4.96. The molecule has 0 amide bonds. The van der Waals surface area contributed by atoms with Crippen LogP contribution in [0.15, 0.2) is 0 Å². The third kappa shape index (κ3) is 5.99. The molecular formula is C10H21N5OS. The topological polar surface area (TPSA) is 64.9 Å². The van der Waals surface area contributed by atoms with Crippen molar-refractivity contribution < 1.29 is 4.74 Å². The average molecular weight is 259 g/mol. The van der Waals surface area contributed by atoms with E-state index in [0.717, 1.165) is 31.1 Å². The molecule has 0 unspecified atom stereocenters. The summed E-state index contributed by atoms with van der Waals surface area (Å²) in [5.41, 5.74) is 0. The van der Waals surface area contributed by atoms with Crippen molar-refractivity contribution in [3.8, 4) is 0 Å². The third-order valence-electron chi connectivity index (χ3n) is 2.23. The van der Waals surface area contributed by atoms with Gasteiger partial charge in [0.15, 0.2) is 5.82 Å². The van der Waals surface area contributed by atoms with Gasteiger partial charge in [0.1, 0.15) is 0 Å². The first-order valence-electron chi connectivity index (χ1n) is 5.91. The van der Waals surface area contributed by atoms with Gasteiger partial charge in [0.05, 0.1) is 13.2 Å². The Kier molecular flexibility index (Phi) is 7.94. The minimum Gasteiger partial charge on any atom is -0.383 e. The lowest BCUT2D eigenvalue weighted by molar-refractivity contribution is 0.198. The van der Waals surface area contributed by atoms with Crippen molar-refractivity contribution in [3.63, 3.8) is 0 Å². The summed E-state index contributed by atoms with van der Waals surface area (Å²) in [6, 6.07) is 0. The predicted molar refractivity (Wildman–Crippen MR) is 69.0 cm³/mol. The molecule has 0 saturated heterocycles. The molecule has 1 aromatic rings. The lowest BCUT2D eigenvalue weighted by Gasteiger charge is -2.05. The molecule has 0 fully saturated rings. The van der Waals surface area contributed by atoms with Crippen LogP contribution in [0, 0.1) is 0 Å². The van der Waals surface area contributed by atoms with Gasteiger partial charge >= 0.3 is 0 Å². The monoisotopic (exact) mass is 259 g/mol. The average Bonchev–Trinajstić information content (AvgIpc) is 2.78. The maximum Gasteiger partial charge on any atom is 0.165 e. The maximum absolute atomic E-state index is 4.96. The van der Waals surface area contributed by atoms with Crippen LogP contribution in [0.1, 0.15) is 19.2 Å². The third-order valence-corrected chi connectivity index (χ3v) is 3.22. The van der Waals surface area contributed by atoms with E-state index < -0.39 is 0 Å². The molecule has 0 aliphatic rings. The molecular weight excluding hydrogens is 238 g/mol. The molecule has 0 aliphatic heterocycles. The first-order valence-corrected chi connectivity index (χ1v) is 7.06. The minimum absolute atomic E-state index is 0.692. The van der Waals surface area contributed by atoms with E-state index in [4.69, 9.17) is 4.74 Å². The number of nitrogens with one attached hydrogen (secondary N) is 1. The van der Waals surface area contributed by atoms with E-state index >= 15 is 0 Å². The zero-order valence-corrected chi connectivity index (χ0v) is 11.4. The van der Waals surface area contributed by atoms with Gasteiger partial charge in [-0.3, -0.25) is 0 Å². The summed E-state index contributed by atoms with van der Waals surface area (Å²) in [7, 11) is 1.69. The molecule has 0 aliphatic carbocycles. The molecule has 7 heteroatoms. The molecule has 1 N–H and O–H groups in total. The number of tetrazole rings is 1. The van der Waals surface area contributed by atoms with Crippen LogP contribution in [-0.2, 0) is 17.8 Å². The minimum atomic E-state index is 0.692. The first-order chi connectivity index (χ1) is 8.38. The smallest absolute Gasteiger partial charge is 0.165 e. The highest BCUT2D eigenvalue weighted by Gasteiger charge is 2.04. The number of thioether (sulfide) groups is 1. The summed E-state index contributed by atoms with van der Waals surface area (Å²) in [4.78, 5) is 0. The van der Waals surface area contributed by atoms with Crippen molar-refractivity contribution >= 4 is 11.8 Å². The summed E-state index contributed by atoms with van der Waals surface area (Å²) in [6.07, 6.45) is 1.11. The first kappa shape index (κ1) is 14.4. The number of ether oxygens (including phenoxy) is 1. The highest BCUT2D eigenvalue weighted by Crippen LogP contribution is 2.03. The molecule has 0 radical (unpaired) electrons. The lowest BCUT2D eigenvalue weighted by Crippen LogP contribution is -2.21. The van der Waals surface area contributed by atoms with Crippen molar-refractivity contribution in [1.29, 1.82) is 0 Å². The van der Waals surface area contributed by atoms with Crippen LogP contribution in [-0.4, -0.2) is 52.0 Å². The van der Waals surface area contributed by atoms with Crippen LogP contribution >= 0.6 is 11.8 Å². The Morgan fingerprint density at radius 2 is 2.35 bits per heavy atom. The molecule has 1 aromatic heterocycles. The Labute approximate surface area is 106 Å². The standard InChI is InChI=1S/C10H21N5OS/c1-3-17-8-4-6-15-10(12-13-14-15)9-11-5-7-16-2/h11H,3-9H2,1-2H3. The van der Waals surface area contributed by atoms with Crippen LogP contribution in [0.2, 0.25) is 0 Å². The Bertz CT molecular complexity index is 267.